The van der Waals surface area contributed by atoms with Crippen LogP contribution in [0, 0.1) is 0 Å². The maximum Gasteiger partial charge on any atom is 0.315 e. The molecule has 0 saturated carbocycles. The summed E-state index contributed by atoms with van der Waals surface area (Å²) >= 11 is 0. The van der Waals surface area contributed by atoms with Crippen molar-refractivity contribution in [1.82, 2.24) is 20.4 Å². The summed E-state index contributed by atoms with van der Waals surface area (Å²) in [4.78, 5) is 17.4. The first-order chi connectivity index (χ1) is 13.7. The molecule has 0 radical (unpaired) electrons. The summed E-state index contributed by atoms with van der Waals surface area (Å²) in [6.45, 7) is 9.36. The molecule has 1 atom stereocenters. The third kappa shape index (κ3) is 5.59. The summed E-state index contributed by atoms with van der Waals surface area (Å²) in [6, 6.07) is 8.32. The van der Waals surface area contributed by atoms with Crippen molar-refractivity contribution in [1.29, 1.82) is 0 Å². The Labute approximate surface area is 168 Å². The largest absolute Gasteiger partial charge is 0.496 e. The van der Waals surface area contributed by atoms with Gasteiger partial charge in [0.15, 0.2) is 0 Å². The van der Waals surface area contributed by atoms with Crippen molar-refractivity contribution in [3.63, 3.8) is 0 Å². The number of para-hydroxylation sites is 1. The van der Waals surface area contributed by atoms with E-state index in [1.165, 1.54) is 0 Å². The normalized spacial score (nSPS) is 20.5. The van der Waals surface area contributed by atoms with Crippen LogP contribution >= 0.6 is 0 Å². The van der Waals surface area contributed by atoms with Crippen LogP contribution < -0.4 is 15.4 Å². The van der Waals surface area contributed by atoms with Gasteiger partial charge in [-0.15, -0.1) is 0 Å². The number of carbonyl (C=O) groups is 1. The monoisotopic (exact) mass is 390 g/mol. The van der Waals surface area contributed by atoms with Crippen molar-refractivity contribution >= 4 is 6.03 Å². The molecule has 7 heteroatoms. The van der Waals surface area contributed by atoms with Gasteiger partial charge >= 0.3 is 6.03 Å². The maximum atomic E-state index is 12.5. The second kappa shape index (κ2) is 10.6. The van der Waals surface area contributed by atoms with Crippen molar-refractivity contribution in [3.05, 3.63) is 29.8 Å². The highest BCUT2D eigenvalue weighted by molar-refractivity contribution is 5.74. The Kier molecular flexibility index (Phi) is 7.94. The molecular formula is C21H34N4O3. The highest BCUT2D eigenvalue weighted by atomic mass is 16.5. The van der Waals surface area contributed by atoms with Crippen LogP contribution in [0.2, 0.25) is 0 Å². The Balaban J connectivity index is 1.65. The van der Waals surface area contributed by atoms with Gasteiger partial charge in [-0.25, -0.2) is 4.79 Å². The van der Waals surface area contributed by atoms with Crippen LogP contribution in [-0.2, 0) is 4.74 Å². The number of rotatable bonds is 7. The summed E-state index contributed by atoms with van der Waals surface area (Å²) < 4.78 is 11.0. The van der Waals surface area contributed by atoms with Crippen molar-refractivity contribution < 1.29 is 14.3 Å². The van der Waals surface area contributed by atoms with E-state index in [2.05, 4.69) is 33.4 Å². The second-order valence-electron chi connectivity index (χ2n) is 7.47. The van der Waals surface area contributed by atoms with Crippen molar-refractivity contribution in [2.75, 3.05) is 59.6 Å². The second-order valence-corrected chi connectivity index (χ2v) is 7.47. The van der Waals surface area contributed by atoms with Crippen LogP contribution in [0.4, 0.5) is 4.79 Å². The predicted octanol–water partition coefficient (Wildman–Crippen LogP) is 1.85. The topological polar surface area (TPSA) is 66.1 Å². The molecule has 28 heavy (non-hydrogen) atoms. The summed E-state index contributed by atoms with van der Waals surface area (Å²) in [6.07, 6.45) is 1.75. The molecule has 0 aromatic heterocycles. The first kappa shape index (κ1) is 20.9. The molecule has 2 amide bonds. The Morgan fingerprint density at radius 2 is 1.93 bits per heavy atom. The number of hydrogen-bond acceptors (Lipinski definition) is 5. The highest BCUT2D eigenvalue weighted by Gasteiger charge is 2.27. The van der Waals surface area contributed by atoms with Crippen LogP contribution in [-0.4, -0.2) is 81.5 Å². The Morgan fingerprint density at radius 1 is 1.21 bits per heavy atom. The molecular weight excluding hydrogens is 356 g/mol. The van der Waals surface area contributed by atoms with Gasteiger partial charge in [-0.05, 0) is 25.5 Å². The number of amides is 2. The first-order valence-electron chi connectivity index (χ1n) is 10.4. The number of carbonyl (C=O) groups excluding carboxylic acids is 1. The zero-order chi connectivity index (χ0) is 19.8. The zero-order valence-corrected chi connectivity index (χ0v) is 17.2. The van der Waals surface area contributed by atoms with Crippen LogP contribution in [0.5, 0.6) is 5.75 Å². The standard InChI is InChI=1S/C21H34N4O3/c1-3-24-10-12-25(13-11-24)19(18-6-4-5-7-20(18)27-2)16-22-21(26)23-17-8-14-28-15-9-17/h4-7,17,19H,3,8-16H2,1-2H3,(H2,22,23,26). The molecule has 2 N–H and O–H groups in total. The lowest BCUT2D eigenvalue weighted by molar-refractivity contribution is 0.0794. The van der Waals surface area contributed by atoms with E-state index in [1.807, 2.05) is 18.2 Å². The zero-order valence-electron chi connectivity index (χ0n) is 17.2. The molecule has 2 saturated heterocycles. The molecule has 7 nitrogen and oxygen atoms in total. The number of nitrogens with one attached hydrogen (secondary N) is 2. The minimum Gasteiger partial charge on any atom is -0.496 e. The SMILES string of the molecule is CCN1CCN(C(CNC(=O)NC2CCOCC2)c2ccccc2OC)CC1. The van der Waals surface area contributed by atoms with Gasteiger partial charge in [-0.3, -0.25) is 4.90 Å². The maximum absolute atomic E-state index is 12.5. The Hall–Kier alpha value is -1.83. The number of piperazine rings is 1. The predicted molar refractivity (Wildman–Crippen MR) is 110 cm³/mol. The van der Waals surface area contributed by atoms with Crippen molar-refractivity contribution in [2.24, 2.45) is 0 Å². The molecule has 0 spiro atoms. The van der Waals surface area contributed by atoms with Crippen molar-refractivity contribution in [3.8, 4) is 5.75 Å². The van der Waals surface area contributed by atoms with E-state index >= 15 is 0 Å². The van der Waals surface area contributed by atoms with E-state index < -0.39 is 0 Å². The number of benzene rings is 1. The fourth-order valence-electron chi connectivity index (χ4n) is 4.04. The molecule has 1 unspecified atom stereocenters. The molecule has 156 valence electrons. The summed E-state index contributed by atoms with van der Waals surface area (Å²) in [7, 11) is 1.70. The highest BCUT2D eigenvalue weighted by Crippen LogP contribution is 2.29. The van der Waals surface area contributed by atoms with Gasteiger partial charge < -0.3 is 25.0 Å². The average molecular weight is 391 g/mol. The van der Waals surface area contributed by atoms with Crippen LogP contribution in [0.1, 0.15) is 31.4 Å². The molecule has 2 aliphatic heterocycles. The molecule has 0 bridgehead atoms. The summed E-state index contributed by atoms with van der Waals surface area (Å²) in [5.74, 6) is 0.872. The third-order valence-corrected chi connectivity index (χ3v) is 5.81. The third-order valence-electron chi connectivity index (χ3n) is 5.81. The van der Waals surface area contributed by atoms with Gasteiger partial charge in [-0.2, -0.15) is 0 Å². The van der Waals surface area contributed by atoms with Crippen molar-refractivity contribution in [2.45, 2.75) is 31.8 Å². The average Bonchev–Trinajstić information content (AvgIpc) is 2.75. The van der Waals surface area contributed by atoms with E-state index in [1.54, 1.807) is 7.11 Å². The number of hydrogen-bond donors (Lipinski definition) is 2. The van der Waals surface area contributed by atoms with Crippen LogP contribution in [0.3, 0.4) is 0 Å². The Morgan fingerprint density at radius 3 is 2.61 bits per heavy atom. The Bertz CT molecular complexity index is 613. The number of urea groups is 1. The summed E-state index contributed by atoms with van der Waals surface area (Å²) in [5, 5.41) is 6.19. The van der Waals surface area contributed by atoms with Gasteiger partial charge in [0.2, 0.25) is 0 Å². The number of likely N-dealkylation sites (N-methyl/N-ethyl adjacent to an activating group) is 1. The lowest BCUT2D eigenvalue weighted by Crippen LogP contribution is -2.51. The quantitative estimate of drug-likeness (QED) is 0.744. The van der Waals surface area contributed by atoms with Gasteiger partial charge in [0.1, 0.15) is 5.75 Å². The minimum atomic E-state index is -0.0982. The lowest BCUT2D eigenvalue weighted by Gasteiger charge is -2.39. The fourth-order valence-corrected chi connectivity index (χ4v) is 4.04. The smallest absolute Gasteiger partial charge is 0.315 e. The molecule has 2 aliphatic rings. The van der Waals surface area contributed by atoms with Crippen LogP contribution in [0.15, 0.2) is 24.3 Å². The van der Waals surface area contributed by atoms with Gasteiger partial charge in [0.05, 0.1) is 13.2 Å². The van der Waals surface area contributed by atoms with Gasteiger partial charge in [-0.1, -0.05) is 25.1 Å². The molecule has 0 aliphatic carbocycles. The molecule has 1 aromatic rings. The van der Waals surface area contributed by atoms with Crippen LogP contribution in [0.25, 0.3) is 0 Å². The minimum absolute atomic E-state index is 0.0931. The molecule has 2 heterocycles. The van der Waals surface area contributed by atoms with E-state index in [-0.39, 0.29) is 18.1 Å². The number of ether oxygens (including phenoxy) is 2. The van der Waals surface area contributed by atoms with Gasteiger partial charge in [0, 0.05) is 57.5 Å². The first-order valence-corrected chi connectivity index (χ1v) is 10.4. The fraction of sp³-hybridized carbons (Fsp3) is 0.667. The van der Waals surface area contributed by atoms with E-state index in [0.717, 1.165) is 70.1 Å². The van der Waals surface area contributed by atoms with E-state index in [9.17, 15) is 4.79 Å². The van der Waals surface area contributed by atoms with E-state index in [4.69, 9.17) is 9.47 Å². The number of methoxy groups -OCH3 is 1. The van der Waals surface area contributed by atoms with Gasteiger partial charge in [0.25, 0.3) is 0 Å². The lowest BCUT2D eigenvalue weighted by atomic mass is 10.0. The van der Waals surface area contributed by atoms with E-state index in [0.29, 0.717) is 6.54 Å². The molecule has 1 aromatic carbocycles. The summed E-state index contributed by atoms with van der Waals surface area (Å²) in [5.41, 5.74) is 1.13. The number of nitrogens with zero attached hydrogens (tertiary/aromatic N) is 2. The molecule has 3 rings (SSSR count). The molecule has 2 fully saturated rings.